The molecule has 6 nitrogen and oxygen atoms in total. The SMILES string of the molecule is COC(=O)CCNC(=O)N1Cc2ccccc2-n2cccc2[C@H]1c1ccc(F)cc1. The first kappa shape index (κ1) is 19.7. The Morgan fingerprint density at radius 2 is 1.87 bits per heavy atom. The number of carbonyl (C=O) groups excluding carboxylic acids is 2. The highest BCUT2D eigenvalue weighted by atomic mass is 19.1. The minimum atomic E-state index is -0.425. The third-order valence-electron chi connectivity index (χ3n) is 5.24. The average molecular weight is 407 g/mol. The second kappa shape index (κ2) is 8.41. The number of methoxy groups -OCH3 is 1. The Morgan fingerprint density at radius 3 is 2.63 bits per heavy atom. The fraction of sp³-hybridized carbons (Fsp3) is 0.217. The molecule has 0 unspecified atom stereocenters. The van der Waals surface area contributed by atoms with Gasteiger partial charge in [-0.25, -0.2) is 9.18 Å². The lowest BCUT2D eigenvalue weighted by Gasteiger charge is -2.31. The maximum Gasteiger partial charge on any atom is 0.318 e. The fourth-order valence-corrected chi connectivity index (χ4v) is 3.81. The van der Waals surface area contributed by atoms with Crippen LogP contribution in [0, 0.1) is 5.82 Å². The van der Waals surface area contributed by atoms with E-state index in [4.69, 9.17) is 0 Å². The van der Waals surface area contributed by atoms with Crippen molar-refractivity contribution in [2.24, 2.45) is 0 Å². The van der Waals surface area contributed by atoms with E-state index in [0.29, 0.717) is 6.54 Å². The molecule has 1 aliphatic heterocycles. The lowest BCUT2D eigenvalue weighted by atomic mass is 10.0. The molecular formula is C23H22FN3O3. The molecule has 1 atom stereocenters. The smallest absolute Gasteiger partial charge is 0.318 e. The molecule has 154 valence electrons. The Balaban J connectivity index is 1.74. The van der Waals surface area contributed by atoms with Gasteiger partial charge in [-0.15, -0.1) is 0 Å². The van der Waals surface area contributed by atoms with Crippen molar-refractivity contribution in [1.29, 1.82) is 0 Å². The number of hydrogen-bond acceptors (Lipinski definition) is 3. The van der Waals surface area contributed by atoms with E-state index in [1.807, 2.05) is 42.6 Å². The summed E-state index contributed by atoms with van der Waals surface area (Å²) >= 11 is 0. The summed E-state index contributed by atoms with van der Waals surface area (Å²) in [5.41, 5.74) is 3.68. The molecule has 0 radical (unpaired) electrons. The number of para-hydroxylation sites is 1. The normalized spacial score (nSPS) is 15.0. The summed E-state index contributed by atoms with van der Waals surface area (Å²) in [5.74, 6) is -0.722. The second-order valence-electron chi connectivity index (χ2n) is 7.07. The number of hydrogen-bond donors (Lipinski definition) is 1. The molecule has 0 saturated carbocycles. The topological polar surface area (TPSA) is 63.6 Å². The Kier molecular flexibility index (Phi) is 5.52. The van der Waals surface area contributed by atoms with Crippen LogP contribution in [-0.4, -0.2) is 35.1 Å². The van der Waals surface area contributed by atoms with Gasteiger partial charge in [0.1, 0.15) is 5.82 Å². The predicted octanol–water partition coefficient (Wildman–Crippen LogP) is 3.79. The van der Waals surface area contributed by atoms with E-state index >= 15 is 0 Å². The van der Waals surface area contributed by atoms with Crippen LogP contribution < -0.4 is 5.32 Å². The third kappa shape index (κ3) is 3.78. The second-order valence-corrected chi connectivity index (χ2v) is 7.07. The van der Waals surface area contributed by atoms with Gasteiger partial charge < -0.3 is 19.5 Å². The number of nitrogens with one attached hydrogen (secondary N) is 1. The van der Waals surface area contributed by atoms with Crippen LogP contribution in [0.2, 0.25) is 0 Å². The summed E-state index contributed by atoms with van der Waals surface area (Å²) in [6, 6.07) is 17.2. The van der Waals surface area contributed by atoms with Crippen LogP contribution in [0.15, 0.2) is 66.9 Å². The highest BCUT2D eigenvalue weighted by Gasteiger charge is 2.32. The number of fused-ring (bicyclic) bond motifs is 3. The van der Waals surface area contributed by atoms with Crippen molar-refractivity contribution in [3.63, 3.8) is 0 Å². The van der Waals surface area contributed by atoms with Crippen LogP contribution in [0.3, 0.4) is 0 Å². The number of nitrogens with zero attached hydrogens (tertiary/aromatic N) is 2. The van der Waals surface area contributed by atoms with Gasteiger partial charge in [0.15, 0.2) is 0 Å². The summed E-state index contributed by atoms with van der Waals surface area (Å²) in [7, 11) is 1.31. The van der Waals surface area contributed by atoms with Crippen molar-refractivity contribution < 1.29 is 18.7 Å². The standard InChI is InChI=1S/C23H22FN3O3/c1-30-21(28)12-13-25-23(29)27-15-17-5-2-3-6-19(17)26-14-4-7-20(26)22(27)16-8-10-18(24)11-9-16/h2-11,14,22H,12-13,15H2,1H3,(H,25,29)/t22-/m1/s1. The number of halogens is 1. The van der Waals surface area contributed by atoms with E-state index in [-0.39, 0.29) is 30.8 Å². The van der Waals surface area contributed by atoms with Crippen LogP contribution in [-0.2, 0) is 16.1 Å². The van der Waals surface area contributed by atoms with E-state index in [9.17, 15) is 14.0 Å². The zero-order valence-corrected chi connectivity index (χ0v) is 16.5. The number of urea groups is 1. The highest BCUT2D eigenvalue weighted by Crippen LogP contribution is 2.36. The lowest BCUT2D eigenvalue weighted by molar-refractivity contribution is -0.140. The third-order valence-corrected chi connectivity index (χ3v) is 5.24. The van der Waals surface area contributed by atoms with Crippen LogP contribution in [0.4, 0.5) is 9.18 Å². The zero-order chi connectivity index (χ0) is 21.1. The van der Waals surface area contributed by atoms with E-state index < -0.39 is 6.04 Å². The number of esters is 1. The van der Waals surface area contributed by atoms with Crippen LogP contribution >= 0.6 is 0 Å². The van der Waals surface area contributed by atoms with E-state index in [1.165, 1.54) is 19.2 Å². The van der Waals surface area contributed by atoms with Crippen LogP contribution in [0.25, 0.3) is 5.69 Å². The summed E-state index contributed by atoms with van der Waals surface area (Å²) in [6.07, 6.45) is 2.05. The van der Waals surface area contributed by atoms with Gasteiger partial charge in [-0.1, -0.05) is 30.3 Å². The van der Waals surface area contributed by atoms with Crippen molar-refractivity contribution in [2.75, 3.05) is 13.7 Å². The van der Waals surface area contributed by atoms with Crippen molar-refractivity contribution in [2.45, 2.75) is 19.0 Å². The molecule has 0 bridgehead atoms. The summed E-state index contributed by atoms with van der Waals surface area (Å²) in [5, 5.41) is 2.81. The number of benzene rings is 2. The molecule has 2 heterocycles. The number of rotatable bonds is 4. The van der Waals surface area contributed by atoms with Gasteiger partial charge >= 0.3 is 12.0 Å². The van der Waals surface area contributed by atoms with Crippen molar-refractivity contribution >= 4 is 12.0 Å². The van der Waals surface area contributed by atoms with Gasteiger partial charge in [0.05, 0.1) is 31.8 Å². The van der Waals surface area contributed by atoms with Crippen LogP contribution in [0.1, 0.15) is 29.3 Å². The number of aromatic nitrogens is 1. The van der Waals surface area contributed by atoms with Gasteiger partial charge in [-0.05, 0) is 41.5 Å². The van der Waals surface area contributed by atoms with Gasteiger partial charge in [-0.3, -0.25) is 4.79 Å². The fourth-order valence-electron chi connectivity index (χ4n) is 3.81. The van der Waals surface area contributed by atoms with Gasteiger partial charge in [0, 0.05) is 18.4 Å². The first-order valence-corrected chi connectivity index (χ1v) is 9.71. The zero-order valence-electron chi connectivity index (χ0n) is 16.5. The minimum absolute atomic E-state index is 0.0876. The van der Waals surface area contributed by atoms with E-state index in [0.717, 1.165) is 22.5 Å². The maximum atomic E-state index is 13.6. The number of amides is 2. The first-order chi connectivity index (χ1) is 14.6. The molecule has 1 aliphatic rings. The molecule has 1 aromatic heterocycles. The van der Waals surface area contributed by atoms with Crippen molar-refractivity contribution in [3.8, 4) is 5.69 Å². The Morgan fingerprint density at radius 1 is 1.10 bits per heavy atom. The Bertz CT molecular complexity index is 1060. The average Bonchev–Trinajstić information content (AvgIpc) is 3.18. The number of carbonyl (C=O) groups is 2. The first-order valence-electron chi connectivity index (χ1n) is 9.71. The molecule has 0 spiro atoms. The monoisotopic (exact) mass is 407 g/mol. The molecule has 1 N–H and O–H groups in total. The molecule has 4 rings (SSSR count). The molecule has 30 heavy (non-hydrogen) atoms. The summed E-state index contributed by atoms with van der Waals surface area (Å²) in [6.45, 7) is 0.532. The van der Waals surface area contributed by atoms with Crippen LogP contribution in [0.5, 0.6) is 0 Å². The van der Waals surface area contributed by atoms with Gasteiger partial charge in [0.2, 0.25) is 0 Å². The minimum Gasteiger partial charge on any atom is -0.469 e. The molecule has 2 aromatic carbocycles. The maximum absolute atomic E-state index is 13.6. The molecular weight excluding hydrogens is 385 g/mol. The lowest BCUT2D eigenvalue weighted by Crippen LogP contribution is -2.42. The predicted molar refractivity (Wildman–Crippen MR) is 110 cm³/mol. The summed E-state index contributed by atoms with van der Waals surface area (Å²) in [4.78, 5) is 26.3. The van der Waals surface area contributed by atoms with Gasteiger partial charge in [-0.2, -0.15) is 0 Å². The van der Waals surface area contributed by atoms with Crippen molar-refractivity contribution in [3.05, 3.63) is 89.5 Å². The van der Waals surface area contributed by atoms with Crippen molar-refractivity contribution in [1.82, 2.24) is 14.8 Å². The molecule has 3 aromatic rings. The Labute approximate surface area is 173 Å². The van der Waals surface area contributed by atoms with Gasteiger partial charge in [0.25, 0.3) is 0 Å². The molecule has 0 fully saturated rings. The molecule has 7 heteroatoms. The molecule has 0 aliphatic carbocycles. The molecule has 0 saturated heterocycles. The van der Waals surface area contributed by atoms with E-state index in [2.05, 4.69) is 14.6 Å². The quantitative estimate of drug-likeness (QED) is 0.670. The highest BCUT2D eigenvalue weighted by molar-refractivity contribution is 5.77. The Hall–Kier alpha value is -3.61. The summed E-state index contributed by atoms with van der Waals surface area (Å²) < 4.78 is 20.3. The molecule has 2 amide bonds. The van der Waals surface area contributed by atoms with E-state index in [1.54, 1.807) is 17.0 Å². The number of ether oxygens (including phenoxy) is 1. The largest absolute Gasteiger partial charge is 0.469 e.